The molecule has 0 saturated carbocycles. The molecule has 0 radical (unpaired) electrons. The number of nitrogens with one attached hydrogen (secondary N) is 2. The molecule has 0 saturated heterocycles. The van der Waals surface area contributed by atoms with Crippen LogP contribution in [0.4, 0.5) is 17.1 Å². The second-order valence-corrected chi connectivity index (χ2v) is 4.03. The Morgan fingerprint density at radius 2 is 1.70 bits per heavy atom. The number of nitro groups is 2. The minimum Gasteiger partial charge on any atom is -0.363 e. The molecular formula is C10H12N4O6. The quantitative estimate of drug-likeness (QED) is 0.416. The summed E-state index contributed by atoms with van der Waals surface area (Å²) in [4.78, 5) is 31.5. The van der Waals surface area contributed by atoms with Gasteiger partial charge in [0, 0.05) is 12.1 Å². The topological polar surface area (TPSA) is 148 Å². The van der Waals surface area contributed by atoms with Crippen molar-refractivity contribution >= 4 is 23.0 Å². The van der Waals surface area contributed by atoms with E-state index in [4.69, 9.17) is 5.21 Å². The van der Waals surface area contributed by atoms with Crippen molar-refractivity contribution in [2.24, 2.45) is 0 Å². The molecule has 0 fully saturated rings. The summed E-state index contributed by atoms with van der Waals surface area (Å²) < 4.78 is 0. The highest BCUT2D eigenvalue weighted by Gasteiger charge is 2.28. The van der Waals surface area contributed by atoms with E-state index in [1.807, 2.05) is 0 Å². The molecule has 0 aliphatic heterocycles. The summed E-state index contributed by atoms with van der Waals surface area (Å²) >= 11 is 0. The Morgan fingerprint density at radius 1 is 1.25 bits per heavy atom. The first-order valence-electron chi connectivity index (χ1n) is 5.41. The van der Waals surface area contributed by atoms with Gasteiger partial charge in [0.25, 0.3) is 17.3 Å². The van der Waals surface area contributed by atoms with E-state index in [1.54, 1.807) is 0 Å². The van der Waals surface area contributed by atoms with Gasteiger partial charge in [0.15, 0.2) is 5.69 Å². The molecule has 1 aromatic rings. The molecule has 1 rings (SSSR count). The van der Waals surface area contributed by atoms with Gasteiger partial charge in [-0.2, -0.15) is 0 Å². The minimum absolute atomic E-state index is 0.341. The van der Waals surface area contributed by atoms with Crippen LogP contribution < -0.4 is 10.8 Å². The first kappa shape index (κ1) is 15.3. The highest BCUT2D eigenvalue weighted by molar-refractivity contribution is 5.86. The second-order valence-electron chi connectivity index (χ2n) is 4.03. The van der Waals surface area contributed by atoms with Crippen LogP contribution in [0.2, 0.25) is 0 Å². The standard InChI is InChI=1S/C10H12N4O6/c1-5-3-7(13(17)18)9(8(4-5)14(19)20)11-6(2)10(15)12-16/h3-4,6,11,16H,1-2H3,(H,12,15). The number of rotatable bonds is 5. The summed E-state index contributed by atoms with van der Waals surface area (Å²) in [5, 5.41) is 32.8. The molecule has 1 amide bonds. The zero-order valence-corrected chi connectivity index (χ0v) is 10.6. The third-order valence-corrected chi connectivity index (χ3v) is 2.50. The summed E-state index contributed by atoms with van der Waals surface area (Å²) in [6.07, 6.45) is 0. The van der Waals surface area contributed by atoms with Gasteiger partial charge in [-0.3, -0.25) is 30.2 Å². The maximum Gasteiger partial charge on any atom is 0.299 e. The molecule has 0 aliphatic carbocycles. The lowest BCUT2D eigenvalue weighted by Gasteiger charge is -2.13. The molecule has 0 heterocycles. The molecule has 0 spiro atoms. The fraction of sp³-hybridized carbons (Fsp3) is 0.300. The molecule has 3 N–H and O–H groups in total. The van der Waals surface area contributed by atoms with Gasteiger partial charge in [-0.25, -0.2) is 5.48 Å². The number of carbonyl (C=O) groups excluding carboxylic acids is 1. The van der Waals surface area contributed by atoms with E-state index >= 15 is 0 Å². The van der Waals surface area contributed by atoms with Crippen LogP contribution in [0.5, 0.6) is 0 Å². The predicted octanol–water partition coefficient (Wildman–Crippen LogP) is 1.12. The first-order valence-corrected chi connectivity index (χ1v) is 5.41. The number of nitrogens with zero attached hydrogens (tertiary/aromatic N) is 2. The van der Waals surface area contributed by atoms with E-state index in [2.05, 4.69) is 5.32 Å². The lowest BCUT2D eigenvalue weighted by molar-refractivity contribution is -0.392. The largest absolute Gasteiger partial charge is 0.363 e. The van der Waals surface area contributed by atoms with Crippen LogP contribution >= 0.6 is 0 Å². The van der Waals surface area contributed by atoms with Gasteiger partial charge in [-0.05, 0) is 19.4 Å². The first-order chi connectivity index (χ1) is 9.27. The van der Waals surface area contributed by atoms with E-state index < -0.39 is 33.2 Å². The monoisotopic (exact) mass is 284 g/mol. The van der Waals surface area contributed by atoms with Crippen LogP contribution in [-0.4, -0.2) is 27.0 Å². The van der Waals surface area contributed by atoms with Gasteiger partial charge < -0.3 is 5.32 Å². The molecule has 1 aromatic carbocycles. The van der Waals surface area contributed by atoms with Gasteiger partial charge in [-0.1, -0.05) is 0 Å². The lowest BCUT2D eigenvalue weighted by Crippen LogP contribution is -2.35. The number of hydrogen-bond donors (Lipinski definition) is 3. The molecule has 10 nitrogen and oxygen atoms in total. The Balaban J connectivity index is 3.37. The van der Waals surface area contributed by atoms with E-state index in [0.29, 0.717) is 5.56 Å². The van der Waals surface area contributed by atoms with Gasteiger partial charge in [0.1, 0.15) is 6.04 Å². The van der Waals surface area contributed by atoms with Crippen molar-refractivity contribution in [1.29, 1.82) is 0 Å². The smallest absolute Gasteiger partial charge is 0.299 e. The Kier molecular flexibility index (Phi) is 4.54. The molecule has 108 valence electrons. The van der Waals surface area contributed by atoms with Crippen LogP contribution in [0.1, 0.15) is 12.5 Å². The Hall–Kier alpha value is -2.75. The summed E-state index contributed by atoms with van der Waals surface area (Å²) in [6.45, 7) is 2.77. The third kappa shape index (κ3) is 3.17. The number of hydrogen-bond acceptors (Lipinski definition) is 7. The summed E-state index contributed by atoms with van der Waals surface area (Å²) in [5.74, 6) is -0.880. The van der Waals surface area contributed by atoms with Crippen LogP contribution in [0.3, 0.4) is 0 Å². The maximum absolute atomic E-state index is 11.2. The van der Waals surface area contributed by atoms with Crippen LogP contribution in [0.15, 0.2) is 12.1 Å². The van der Waals surface area contributed by atoms with Gasteiger partial charge >= 0.3 is 0 Å². The molecule has 1 unspecified atom stereocenters. The number of benzene rings is 1. The maximum atomic E-state index is 11.2. The number of aryl methyl sites for hydroxylation is 1. The van der Waals surface area contributed by atoms with E-state index in [9.17, 15) is 25.0 Å². The SMILES string of the molecule is Cc1cc([N+](=O)[O-])c(NC(C)C(=O)NO)c([N+](=O)[O-])c1. The highest BCUT2D eigenvalue weighted by atomic mass is 16.6. The number of amides is 1. The van der Waals surface area contributed by atoms with Gasteiger partial charge in [-0.15, -0.1) is 0 Å². The average Bonchev–Trinajstić information content (AvgIpc) is 2.38. The number of hydroxylamine groups is 1. The van der Waals surface area contributed by atoms with Crippen molar-refractivity contribution in [3.8, 4) is 0 Å². The van der Waals surface area contributed by atoms with Gasteiger partial charge in [0.2, 0.25) is 0 Å². The number of carbonyl (C=O) groups is 1. The Bertz CT molecular complexity index is 538. The third-order valence-electron chi connectivity index (χ3n) is 2.50. The van der Waals surface area contributed by atoms with E-state index in [-0.39, 0.29) is 5.69 Å². The van der Waals surface area contributed by atoms with Crippen LogP contribution in [0, 0.1) is 27.2 Å². The molecule has 0 aromatic heterocycles. The second kappa shape index (κ2) is 5.93. The van der Waals surface area contributed by atoms with Crippen molar-refractivity contribution < 1.29 is 19.8 Å². The van der Waals surface area contributed by atoms with Crippen molar-refractivity contribution in [2.45, 2.75) is 19.9 Å². The lowest BCUT2D eigenvalue weighted by atomic mass is 10.1. The molecule has 10 heteroatoms. The van der Waals surface area contributed by atoms with Crippen LogP contribution in [-0.2, 0) is 4.79 Å². The average molecular weight is 284 g/mol. The normalized spacial score (nSPS) is 11.6. The molecule has 0 aliphatic rings. The fourth-order valence-corrected chi connectivity index (χ4v) is 1.56. The van der Waals surface area contributed by atoms with E-state index in [1.165, 1.54) is 19.3 Å². The molecular weight excluding hydrogens is 272 g/mol. The Morgan fingerprint density at radius 3 is 2.05 bits per heavy atom. The minimum atomic E-state index is -1.10. The van der Waals surface area contributed by atoms with E-state index in [0.717, 1.165) is 12.1 Å². The zero-order chi connectivity index (χ0) is 15.4. The predicted molar refractivity (Wildman–Crippen MR) is 67.5 cm³/mol. The van der Waals surface area contributed by atoms with Crippen molar-refractivity contribution in [3.05, 3.63) is 37.9 Å². The van der Waals surface area contributed by atoms with Crippen molar-refractivity contribution in [3.63, 3.8) is 0 Å². The van der Waals surface area contributed by atoms with Crippen molar-refractivity contribution in [1.82, 2.24) is 5.48 Å². The number of anilines is 1. The molecule has 1 atom stereocenters. The summed E-state index contributed by atoms with van der Waals surface area (Å²) in [7, 11) is 0. The number of nitro benzene ring substituents is 2. The summed E-state index contributed by atoms with van der Waals surface area (Å²) in [6, 6.07) is 1.21. The fourth-order valence-electron chi connectivity index (χ4n) is 1.56. The molecule has 0 bridgehead atoms. The zero-order valence-electron chi connectivity index (χ0n) is 10.6. The highest BCUT2D eigenvalue weighted by Crippen LogP contribution is 2.35. The van der Waals surface area contributed by atoms with Crippen LogP contribution in [0.25, 0.3) is 0 Å². The van der Waals surface area contributed by atoms with Gasteiger partial charge in [0.05, 0.1) is 9.85 Å². The summed E-state index contributed by atoms with van der Waals surface area (Å²) in [5.41, 5.74) is 0.268. The molecule has 20 heavy (non-hydrogen) atoms. The Labute approximate surface area is 112 Å². The van der Waals surface area contributed by atoms with Crippen molar-refractivity contribution in [2.75, 3.05) is 5.32 Å².